The van der Waals surface area contributed by atoms with Gasteiger partial charge in [0.2, 0.25) is 0 Å². The number of imidazole rings is 1. The molecule has 1 aliphatic rings. The van der Waals surface area contributed by atoms with Gasteiger partial charge in [-0.25, -0.2) is 15.0 Å². The van der Waals surface area contributed by atoms with Crippen molar-refractivity contribution in [2.75, 3.05) is 25.2 Å². The number of benzene rings is 1. The predicted octanol–water partition coefficient (Wildman–Crippen LogP) is 4.77. The Labute approximate surface area is 207 Å². The Morgan fingerprint density at radius 1 is 1.17 bits per heavy atom. The van der Waals surface area contributed by atoms with Crippen molar-refractivity contribution < 1.29 is 13.9 Å². The van der Waals surface area contributed by atoms with Gasteiger partial charge in [0.05, 0.1) is 30.9 Å². The van der Waals surface area contributed by atoms with Gasteiger partial charge in [-0.05, 0) is 37.5 Å². The molecule has 9 heteroatoms. The minimum absolute atomic E-state index is 0.140. The molecule has 36 heavy (non-hydrogen) atoms. The summed E-state index contributed by atoms with van der Waals surface area (Å²) in [4.78, 5) is 15.5. The molecule has 1 atom stereocenters. The van der Waals surface area contributed by atoms with E-state index in [-0.39, 0.29) is 6.04 Å². The summed E-state index contributed by atoms with van der Waals surface area (Å²) in [5.74, 6) is 2.77. The SMILES string of the molecule is COc1cc(OC[C@@H]2CCCN2c2cnc(C#N)cn2)c2cc(-c3cn4cc(C)ccc4n3)oc2c1. The monoisotopic (exact) mass is 480 g/mol. The molecular formula is C27H24N6O3. The van der Waals surface area contributed by atoms with E-state index in [4.69, 9.17) is 24.1 Å². The third-order valence-corrected chi connectivity index (χ3v) is 6.52. The standard InChI is InChI=1S/C27H24N6O3/c1-17-5-6-26-31-22(15-32(26)14-17)25-10-21-23(8-20(34-2)9-24(21)36-25)35-16-19-4-3-7-33(19)27-13-29-18(11-28)12-30-27/h5-6,8-10,12-15,19H,3-4,7,16H2,1-2H3/t19-/m0/s1. The maximum absolute atomic E-state index is 9.00. The summed E-state index contributed by atoms with van der Waals surface area (Å²) < 4.78 is 20.1. The smallest absolute Gasteiger partial charge is 0.158 e. The van der Waals surface area contributed by atoms with Crippen molar-refractivity contribution in [3.05, 3.63) is 66.4 Å². The van der Waals surface area contributed by atoms with Gasteiger partial charge in [0.15, 0.2) is 11.5 Å². The van der Waals surface area contributed by atoms with E-state index in [0.717, 1.165) is 47.5 Å². The number of hydrogen-bond donors (Lipinski definition) is 0. The number of aryl methyl sites for hydroxylation is 1. The van der Waals surface area contributed by atoms with Gasteiger partial charge >= 0.3 is 0 Å². The van der Waals surface area contributed by atoms with Gasteiger partial charge in [-0.2, -0.15) is 5.26 Å². The molecule has 1 aromatic carbocycles. The first-order chi connectivity index (χ1) is 17.6. The zero-order valence-electron chi connectivity index (χ0n) is 20.0. The zero-order chi connectivity index (χ0) is 24.6. The number of methoxy groups -OCH3 is 1. The molecule has 4 aromatic heterocycles. The summed E-state index contributed by atoms with van der Waals surface area (Å²) in [7, 11) is 1.63. The average Bonchev–Trinajstić information content (AvgIpc) is 3.64. The number of nitrogens with zero attached hydrogens (tertiary/aromatic N) is 6. The number of fused-ring (bicyclic) bond motifs is 2. The second-order valence-corrected chi connectivity index (χ2v) is 8.92. The van der Waals surface area contributed by atoms with Crippen LogP contribution in [0.3, 0.4) is 0 Å². The summed E-state index contributed by atoms with van der Waals surface area (Å²) >= 11 is 0. The van der Waals surface area contributed by atoms with Crippen molar-refractivity contribution in [3.8, 4) is 29.0 Å². The molecule has 0 unspecified atom stereocenters. The average molecular weight is 481 g/mol. The fourth-order valence-corrected chi connectivity index (χ4v) is 4.69. The van der Waals surface area contributed by atoms with Crippen molar-refractivity contribution in [2.24, 2.45) is 0 Å². The molecule has 0 spiro atoms. The number of ether oxygens (including phenoxy) is 2. The molecule has 0 N–H and O–H groups in total. The Bertz CT molecular complexity index is 1600. The van der Waals surface area contributed by atoms with Gasteiger partial charge in [0.1, 0.15) is 46.9 Å². The van der Waals surface area contributed by atoms with Gasteiger partial charge in [0.25, 0.3) is 0 Å². The van der Waals surface area contributed by atoms with Crippen molar-refractivity contribution in [3.63, 3.8) is 0 Å². The molecule has 5 heterocycles. The summed E-state index contributed by atoms with van der Waals surface area (Å²) in [5, 5.41) is 9.86. The summed E-state index contributed by atoms with van der Waals surface area (Å²) in [6, 6.07) is 11.9. The van der Waals surface area contributed by atoms with Crippen LogP contribution in [0.25, 0.3) is 28.1 Å². The molecule has 0 saturated carbocycles. The van der Waals surface area contributed by atoms with Gasteiger partial charge in [-0.15, -0.1) is 0 Å². The first-order valence-electron chi connectivity index (χ1n) is 11.8. The van der Waals surface area contributed by atoms with Crippen molar-refractivity contribution in [1.29, 1.82) is 5.26 Å². The van der Waals surface area contributed by atoms with Crippen LogP contribution in [0.15, 0.2) is 59.5 Å². The van der Waals surface area contributed by atoms with E-state index in [9.17, 15) is 0 Å². The molecule has 1 fully saturated rings. The highest BCUT2D eigenvalue weighted by atomic mass is 16.5. The number of anilines is 1. The van der Waals surface area contributed by atoms with Crippen LogP contribution in [0, 0.1) is 18.3 Å². The van der Waals surface area contributed by atoms with E-state index in [0.29, 0.717) is 35.1 Å². The Kier molecular flexibility index (Phi) is 5.41. The minimum Gasteiger partial charge on any atom is -0.496 e. The highest BCUT2D eigenvalue weighted by Crippen LogP contribution is 2.37. The van der Waals surface area contributed by atoms with Gasteiger partial charge < -0.3 is 23.2 Å². The molecule has 0 amide bonds. The fraction of sp³-hybridized carbons (Fsp3) is 0.259. The minimum atomic E-state index is 0.140. The van der Waals surface area contributed by atoms with Crippen LogP contribution in [0.4, 0.5) is 5.82 Å². The number of nitriles is 1. The normalized spacial score (nSPS) is 15.5. The third-order valence-electron chi connectivity index (χ3n) is 6.52. The Balaban J connectivity index is 1.29. The molecule has 6 rings (SSSR count). The molecule has 180 valence electrons. The van der Waals surface area contributed by atoms with Gasteiger partial charge in [0, 0.05) is 31.1 Å². The van der Waals surface area contributed by atoms with Crippen molar-refractivity contribution in [2.45, 2.75) is 25.8 Å². The van der Waals surface area contributed by atoms with E-state index in [1.807, 2.05) is 53.2 Å². The molecule has 1 saturated heterocycles. The fourth-order valence-electron chi connectivity index (χ4n) is 4.69. The quantitative estimate of drug-likeness (QED) is 0.342. The van der Waals surface area contributed by atoms with Gasteiger partial charge in [-0.3, -0.25) is 0 Å². The van der Waals surface area contributed by atoms with E-state index < -0.39 is 0 Å². The molecular weight excluding hydrogens is 456 g/mol. The van der Waals surface area contributed by atoms with Crippen LogP contribution in [0.2, 0.25) is 0 Å². The molecule has 1 aliphatic heterocycles. The van der Waals surface area contributed by atoms with Crippen LogP contribution in [-0.4, -0.2) is 45.7 Å². The lowest BCUT2D eigenvalue weighted by Crippen LogP contribution is -2.34. The molecule has 0 bridgehead atoms. The van der Waals surface area contributed by atoms with Crippen LogP contribution < -0.4 is 14.4 Å². The molecule has 0 aliphatic carbocycles. The van der Waals surface area contributed by atoms with Gasteiger partial charge in [-0.1, -0.05) is 6.07 Å². The lowest BCUT2D eigenvalue weighted by Gasteiger charge is -2.25. The summed E-state index contributed by atoms with van der Waals surface area (Å²) in [6.07, 6.45) is 9.17. The maximum atomic E-state index is 9.00. The second kappa shape index (κ2) is 8.89. The zero-order valence-corrected chi connectivity index (χ0v) is 20.0. The van der Waals surface area contributed by atoms with E-state index >= 15 is 0 Å². The van der Waals surface area contributed by atoms with Crippen molar-refractivity contribution in [1.82, 2.24) is 19.4 Å². The first kappa shape index (κ1) is 21.9. The summed E-state index contributed by atoms with van der Waals surface area (Å²) in [5.41, 5.74) is 3.75. The topological polar surface area (TPSA) is 102 Å². The number of rotatable bonds is 6. The highest BCUT2D eigenvalue weighted by molar-refractivity contribution is 5.89. The van der Waals surface area contributed by atoms with Crippen LogP contribution in [0.1, 0.15) is 24.1 Å². The molecule has 9 nitrogen and oxygen atoms in total. The maximum Gasteiger partial charge on any atom is 0.158 e. The van der Waals surface area contributed by atoms with Crippen molar-refractivity contribution >= 4 is 22.4 Å². The Hall–Kier alpha value is -4.58. The largest absolute Gasteiger partial charge is 0.496 e. The molecule has 0 radical (unpaired) electrons. The van der Waals surface area contributed by atoms with E-state index in [2.05, 4.69) is 21.8 Å². The Morgan fingerprint density at radius 3 is 2.89 bits per heavy atom. The van der Waals surface area contributed by atoms with E-state index in [1.165, 1.54) is 6.20 Å². The lowest BCUT2D eigenvalue weighted by molar-refractivity contribution is 0.289. The van der Waals surface area contributed by atoms with Crippen LogP contribution in [-0.2, 0) is 0 Å². The summed E-state index contributed by atoms with van der Waals surface area (Å²) in [6.45, 7) is 3.39. The second-order valence-electron chi connectivity index (χ2n) is 8.92. The number of hydrogen-bond acceptors (Lipinski definition) is 8. The van der Waals surface area contributed by atoms with Crippen LogP contribution >= 0.6 is 0 Å². The third kappa shape index (κ3) is 3.96. The lowest BCUT2D eigenvalue weighted by atomic mass is 10.2. The highest BCUT2D eigenvalue weighted by Gasteiger charge is 2.27. The van der Waals surface area contributed by atoms with E-state index in [1.54, 1.807) is 13.3 Å². The number of aromatic nitrogens is 4. The number of pyridine rings is 1. The predicted molar refractivity (Wildman–Crippen MR) is 134 cm³/mol. The molecule has 5 aromatic rings. The Morgan fingerprint density at radius 2 is 2.08 bits per heavy atom. The number of furan rings is 1. The first-order valence-corrected chi connectivity index (χ1v) is 11.8. The van der Waals surface area contributed by atoms with Crippen LogP contribution in [0.5, 0.6) is 11.5 Å².